The quantitative estimate of drug-likeness (QED) is 0.840. The third-order valence-electron chi connectivity index (χ3n) is 3.02. The average molecular weight is 329 g/mol. The minimum Gasteiger partial charge on any atom is -0.398 e. The SMILES string of the molecule is Nc1ccccc1C(=O)NCc1cc(C(F)(F)F)ccc1Cl. The molecule has 0 aliphatic rings. The Morgan fingerprint density at radius 1 is 1.18 bits per heavy atom. The molecule has 0 saturated heterocycles. The van der Waals surface area contributed by atoms with Crippen molar-refractivity contribution in [2.75, 3.05) is 5.73 Å². The second kappa shape index (κ2) is 6.27. The molecule has 0 aliphatic carbocycles. The van der Waals surface area contributed by atoms with Gasteiger partial charge in [-0.15, -0.1) is 0 Å². The van der Waals surface area contributed by atoms with Gasteiger partial charge in [0, 0.05) is 17.3 Å². The molecule has 0 bridgehead atoms. The van der Waals surface area contributed by atoms with Crippen LogP contribution >= 0.6 is 11.6 Å². The summed E-state index contributed by atoms with van der Waals surface area (Å²) >= 11 is 5.86. The molecule has 2 aromatic carbocycles. The lowest BCUT2D eigenvalue weighted by atomic mass is 10.1. The summed E-state index contributed by atoms with van der Waals surface area (Å²) < 4.78 is 38.0. The van der Waals surface area contributed by atoms with Gasteiger partial charge in [0.25, 0.3) is 5.91 Å². The van der Waals surface area contributed by atoms with Gasteiger partial charge in [-0.1, -0.05) is 23.7 Å². The highest BCUT2D eigenvalue weighted by atomic mass is 35.5. The summed E-state index contributed by atoms with van der Waals surface area (Å²) in [6, 6.07) is 9.37. The van der Waals surface area contributed by atoms with Gasteiger partial charge in [0.1, 0.15) is 0 Å². The molecule has 0 atom stereocenters. The zero-order valence-corrected chi connectivity index (χ0v) is 12.0. The van der Waals surface area contributed by atoms with Gasteiger partial charge in [-0.05, 0) is 35.9 Å². The number of nitrogen functional groups attached to an aromatic ring is 1. The monoisotopic (exact) mass is 328 g/mol. The van der Waals surface area contributed by atoms with Crippen molar-refractivity contribution >= 4 is 23.2 Å². The van der Waals surface area contributed by atoms with Crippen LogP contribution in [0.3, 0.4) is 0 Å². The van der Waals surface area contributed by atoms with Gasteiger partial charge in [0.05, 0.1) is 11.1 Å². The number of nitrogens with two attached hydrogens (primary N) is 1. The van der Waals surface area contributed by atoms with Gasteiger partial charge in [-0.2, -0.15) is 13.2 Å². The van der Waals surface area contributed by atoms with Gasteiger partial charge in [-0.3, -0.25) is 4.79 Å². The molecule has 0 saturated carbocycles. The van der Waals surface area contributed by atoms with Crippen molar-refractivity contribution in [1.29, 1.82) is 0 Å². The Morgan fingerprint density at radius 2 is 1.86 bits per heavy atom. The highest BCUT2D eigenvalue weighted by molar-refractivity contribution is 6.31. The number of hydrogen-bond donors (Lipinski definition) is 2. The first-order valence-electron chi connectivity index (χ1n) is 6.27. The second-order valence-corrected chi connectivity index (χ2v) is 4.98. The molecule has 116 valence electrons. The minimum absolute atomic E-state index is 0.129. The molecule has 0 fully saturated rings. The summed E-state index contributed by atoms with van der Waals surface area (Å²) in [7, 11) is 0. The van der Waals surface area contributed by atoms with Crippen LogP contribution in [0.25, 0.3) is 0 Å². The minimum atomic E-state index is -4.47. The number of carbonyl (C=O) groups excluding carboxylic acids is 1. The first-order valence-corrected chi connectivity index (χ1v) is 6.65. The number of benzene rings is 2. The Labute approximate surface area is 129 Å². The van der Waals surface area contributed by atoms with Gasteiger partial charge in [0.15, 0.2) is 0 Å². The van der Waals surface area contributed by atoms with Crippen LogP contribution in [0.1, 0.15) is 21.5 Å². The largest absolute Gasteiger partial charge is 0.416 e. The van der Waals surface area contributed by atoms with Crippen LogP contribution in [0.2, 0.25) is 5.02 Å². The van der Waals surface area contributed by atoms with Crippen LogP contribution in [0.5, 0.6) is 0 Å². The normalized spacial score (nSPS) is 11.3. The van der Waals surface area contributed by atoms with E-state index in [2.05, 4.69) is 5.32 Å². The van der Waals surface area contributed by atoms with E-state index >= 15 is 0 Å². The zero-order chi connectivity index (χ0) is 16.3. The number of hydrogen-bond acceptors (Lipinski definition) is 2. The summed E-state index contributed by atoms with van der Waals surface area (Å²) in [6.45, 7) is -0.129. The van der Waals surface area contributed by atoms with E-state index in [1.807, 2.05) is 0 Å². The topological polar surface area (TPSA) is 55.1 Å². The molecule has 2 aromatic rings. The first kappa shape index (κ1) is 16.2. The van der Waals surface area contributed by atoms with Crippen molar-refractivity contribution in [3.05, 3.63) is 64.2 Å². The van der Waals surface area contributed by atoms with Crippen LogP contribution in [0, 0.1) is 0 Å². The summed E-state index contributed by atoms with van der Waals surface area (Å²) in [6.07, 6.45) is -4.47. The maximum absolute atomic E-state index is 12.7. The lowest BCUT2D eigenvalue weighted by molar-refractivity contribution is -0.137. The lowest BCUT2D eigenvalue weighted by Gasteiger charge is -2.12. The van der Waals surface area contributed by atoms with Crippen LogP contribution in [0.15, 0.2) is 42.5 Å². The average Bonchev–Trinajstić information content (AvgIpc) is 2.45. The van der Waals surface area contributed by atoms with Crippen LogP contribution < -0.4 is 11.1 Å². The molecule has 2 rings (SSSR count). The van der Waals surface area contributed by atoms with E-state index in [0.29, 0.717) is 0 Å². The predicted molar refractivity (Wildman–Crippen MR) is 78.5 cm³/mol. The van der Waals surface area contributed by atoms with Crippen molar-refractivity contribution in [2.24, 2.45) is 0 Å². The van der Waals surface area contributed by atoms with E-state index in [1.54, 1.807) is 18.2 Å². The van der Waals surface area contributed by atoms with Gasteiger partial charge in [-0.25, -0.2) is 0 Å². The Bertz CT molecular complexity index is 701. The van der Waals surface area contributed by atoms with E-state index in [9.17, 15) is 18.0 Å². The number of nitrogens with one attached hydrogen (secondary N) is 1. The van der Waals surface area contributed by atoms with E-state index < -0.39 is 17.6 Å². The Hall–Kier alpha value is -2.21. The molecule has 0 heterocycles. The number of rotatable bonds is 3. The van der Waals surface area contributed by atoms with Crippen molar-refractivity contribution in [1.82, 2.24) is 5.32 Å². The molecule has 3 N–H and O–H groups in total. The molecular formula is C15H12ClF3N2O. The van der Waals surface area contributed by atoms with Crippen LogP contribution in [-0.4, -0.2) is 5.91 Å². The van der Waals surface area contributed by atoms with Gasteiger partial charge >= 0.3 is 6.18 Å². The standard InChI is InChI=1S/C15H12ClF3N2O/c16-12-6-5-10(15(17,18)19)7-9(12)8-21-14(22)11-3-1-2-4-13(11)20/h1-7H,8,20H2,(H,21,22). The smallest absolute Gasteiger partial charge is 0.398 e. The number of amides is 1. The van der Waals surface area contributed by atoms with Crippen molar-refractivity contribution in [2.45, 2.75) is 12.7 Å². The number of anilines is 1. The molecular weight excluding hydrogens is 317 g/mol. The molecule has 1 amide bonds. The molecule has 7 heteroatoms. The molecule has 0 aromatic heterocycles. The van der Waals surface area contributed by atoms with Gasteiger partial charge < -0.3 is 11.1 Å². The van der Waals surface area contributed by atoms with E-state index in [0.717, 1.165) is 18.2 Å². The Balaban J connectivity index is 2.15. The fourth-order valence-corrected chi connectivity index (χ4v) is 2.05. The Kier molecular flexibility index (Phi) is 4.61. The maximum atomic E-state index is 12.7. The summed E-state index contributed by atoms with van der Waals surface area (Å²) in [5.41, 5.74) is 5.57. The highest BCUT2D eigenvalue weighted by Gasteiger charge is 2.30. The third-order valence-corrected chi connectivity index (χ3v) is 3.39. The van der Waals surface area contributed by atoms with Crippen LogP contribution in [-0.2, 0) is 12.7 Å². The number of para-hydroxylation sites is 1. The lowest BCUT2D eigenvalue weighted by Crippen LogP contribution is -2.24. The maximum Gasteiger partial charge on any atom is 0.416 e. The summed E-state index contributed by atoms with van der Waals surface area (Å²) in [4.78, 5) is 12.0. The van der Waals surface area contributed by atoms with E-state index in [4.69, 9.17) is 17.3 Å². The summed E-state index contributed by atoms with van der Waals surface area (Å²) in [5.74, 6) is -0.480. The predicted octanol–water partition coefficient (Wildman–Crippen LogP) is 3.87. The summed E-state index contributed by atoms with van der Waals surface area (Å²) in [5, 5.41) is 2.65. The van der Waals surface area contributed by atoms with Crippen molar-refractivity contribution in [3.8, 4) is 0 Å². The number of carbonyl (C=O) groups is 1. The molecule has 0 radical (unpaired) electrons. The van der Waals surface area contributed by atoms with Crippen molar-refractivity contribution in [3.63, 3.8) is 0 Å². The Morgan fingerprint density at radius 3 is 2.50 bits per heavy atom. The van der Waals surface area contributed by atoms with Crippen LogP contribution in [0.4, 0.5) is 18.9 Å². The molecule has 0 spiro atoms. The number of alkyl halides is 3. The van der Waals surface area contributed by atoms with Crippen molar-refractivity contribution < 1.29 is 18.0 Å². The zero-order valence-electron chi connectivity index (χ0n) is 11.2. The molecule has 0 aliphatic heterocycles. The molecule has 3 nitrogen and oxygen atoms in total. The van der Waals surface area contributed by atoms with Gasteiger partial charge in [0.2, 0.25) is 0 Å². The molecule has 0 unspecified atom stereocenters. The fourth-order valence-electron chi connectivity index (χ4n) is 1.86. The third kappa shape index (κ3) is 3.71. The second-order valence-electron chi connectivity index (χ2n) is 4.57. The first-order chi connectivity index (χ1) is 10.3. The van der Waals surface area contributed by atoms with E-state index in [-0.39, 0.29) is 28.4 Å². The van der Waals surface area contributed by atoms with E-state index in [1.165, 1.54) is 6.07 Å². The fraction of sp³-hybridized carbons (Fsp3) is 0.133. The molecule has 22 heavy (non-hydrogen) atoms. The number of halogens is 4. The highest BCUT2D eigenvalue weighted by Crippen LogP contribution is 2.31.